The van der Waals surface area contributed by atoms with Gasteiger partial charge in [-0.2, -0.15) is 0 Å². The van der Waals surface area contributed by atoms with E-state index in [-0.39, 0.29) is 12.1 Å². The van der Waals surface area contributed by atoms with Crippen LogP contribution >= 0.6 is 0 Å². The third-order valence-corrected chi connectivity index (χ3v) is 5.25. The molecular weight excluding hydrogens is 250 g/mol. The van der Waals surface area contributed by atoms with Crippen LogP contribution in [0.15, 0.2) is 30.3 Å². The number of carbonyl (C=O) groups excluding carboxylic acids is 1. The second-order valence-corrected chi connectivity index (χ2v) is 6.32. The van der Waals surface area contributed by atoms with Gasteiger partial charge in [0.2, 0.25) is 5.91 Å². The molecule has 3 heteroatoms. The molecule has 0 radical (unpaired) electrons. The summed E-state index contributed by atoms with van der Waals surface area (Å²) in [6, 6.07) is 10.5. The van der Waals surface area contributed by atoms with Gasteiger partial charge in [-0.05, 0) is 18.8 Å². The molecule has 1 aliphatic carbocycles. The van der Waals surface area contributed by atoms with Gasteiger partial charge in [-0.3, -0.25) is 4.79 Å². The molecule has 0 spiro atoms. The zero-order valence-electron chi connectivity index (χ0n) is 11.7. The Morgan fingerprint density at radius 1 is 1.05 bits per heavy atom. The van der Waals surface area contributed by atoms with Crippen molar-refractivity contribution in [2.45, 2.75) is 44.4 Å². The van der Waals surface area contributed by atoms with E-state index in [0.717, 1.165) is 12.0 Å². The van der Waals surface area contributed by atoms with Gasteiger partial charge < -0.3 is 9.64 Å². The number of ether oxygens (including phenoxy) is 1. The van der Waals surface area contributed by atoms with Crippen molar-refractivity contribution in [3.05, 3.63) is 35.9 Å². The van der Waals surface area contributed by atoms with Crippen molar-refractivity contribution >= 4 is 5.91 Å². The first-order valence-electron chi connectivity index (χ1n) is 7.85. The van der Waals surface area contributed by atoms with Crippen molar-refractivity contribution < 1.29 is 9.53 Å². The number of benzene rings is 1. The topological polar surface area (TPSA) is 29.5 Å². The van der Waals surface area contributed by atoms with E-state index in [1.807, 2.05) is 18.2 Å². The quantitative estimate of drug-likeness (QED) is 0.785. The van der Waals surface area contributed by atoms with Crippen LogP contribution in [0.2, 0.25) is 0 Å². The summed E-state index contributed by atoms with van der Waals surface area (Å²) in [7, 11) is 0. The lowest BCUT2D eigenvalue weighted by molar-refractivity contribution is -0.137. The molecule has 3 aliphatic rings. The van der Waals surface area contributed by atoms with Gasteiger partial charge in [-0.1, -0.05) is 49.6 Å². The number of hydrogen-bond acceptors (Lipinski definition) is 2. The largest absolute Gasteiger partial charge is 0.352 e. The minimum absolute atomic E-state index is 0.152. The van der Waals surface area contributed by atoms with Crippen LogP contribution in [-0.2, 0) is 9.53 Å². The number of rotatable bonds is 1. The molecule has 1 aromatic rings. The van der Waals surface area contributed by atoms with E-state index in [1.54, 1.807) is 0 Å². The van der Waals surface area contributed by atoms with Crippen LogP contribution in [0, 0.1) is 11.8 Å². The van der Waals surface area contributed by atoms with Crippen molar-refractivity contribution in [3.8, 4) is 0 Å². The lowest BCUT2D eigenvalue weighted by Crippen LogP contribution is -2.33. The average molecular weight is 271 g/mol. The molecular formula is C17H21NO2. The highest BCUT2D eigenvalue weighted by atomic mass is 16.5. The molecule has 1 saturated carbocycles. The van der Waals surface area contributed by atoms with Gasteiger partial charge in [0.15, 0.2) is 6.23 Å². The molecule has 106 valence electrons. The molecule has 20 heavy (non-hydrogen) atoms. The minimum Gasteiger partial charge on any atom is -0.352 e. The van der Waals surface area contributed by atoms with Gasteiger partial charge >= 0.3 is 0 Å². The number of fused-ring (bicyclic) bond motifs is 3. The summed E-state index contributed by atoms with van der Waals surface area (Å²) < 4.78 is 5.97. The molecule has 0 N–H and O–H groups in total. The molecule has 3 nitrogen and oxygen atoms in total. The van der Waals surface area contributed by atoms with Crippen LogP contribution in [0.3, 0.4) is 0 Å². The standard InChI is InChI=1S/C17H21NO2/c19-16-14-10-6-2-5-9-13(14)15-11-20-17(18(15)16)12-7-3-1-4-8-12/h1,3-4,7-8,13-15,17H,2,5-6,9-11H2/t13?,14?,15?,17-/m0/s1. The van der Waals surface area contributed by atoms with Crippen LogP contribution < -0.4 is 0 Å². The van der Waals surface area contributed by atoms with E-state index in [2.05, 4.69) is 17.0 Å². The van der Waals surface area contributed by atoms with Crippen molar-refractivity contribution in [3.63, 3.8) is 0 Å². The maximum absolute atomic E-state index is 12.8. The maximum Gasteiger partial charge on any atom is 0.228 e. The van der Waals surface area contributed by atoms with Gasteiger partial charge in [0, 0.05) is 11.5 Å². The molecule has 2 saturated heterocycles. The summed E-state index contributed by atoms with van der Waals surface area (Å²) in [4.78, 5) is 14.9. The second-order valence-electron chi connectivity index (χ2n) is 6.32. The van der Waals surface area contributed by atoms with E-state index in [9.17, 15) is 4.79 Å². The predicted molar refractivity (Wildman–Crippen MR) is 75.8 cm³/mol. The maximum atomic E-state index is 12.8. The molecule has 0 aromatic heterocycles. The van der Waals surface area contributed by atoms with E-state index in [4.69, 9.17) is 4.74 Å². The highest BCUT2D eigenvalue weighted by Crippen LogP contribution is 2.47. The van der Waals surface area contributed by atoms with E-state index >= 15 is 0 Å². The minimum atomic E-state index is -0.152. The Balaban J connectivity index is 1.64. The van der Waals surface area contributed by atoms with E-state index in [1.165, 1.54) is 25.7 Å². The van der Waals surface area contributed by atoms with Gasteiger partial charge in [0.05, 0.1) is 12.6 Å². The first-order valence-corrected chi connectivity index (χ1v) is 7.85. The van der Waals surface area contributed by atoms with E-state index in [0.29, 0.717) is 24.5 Å². The molecule has 4 rings (SSSR count). The van der Waals surface area contributed by atoms with Crippen LogP contribution in [0.1, 0.15) is 43.9 Å². The summed E-state index contributed by atoms with van der Waals surface area (Å²) >= 11 is 0. The third-order valence-electron chi connectivity index (χ3n) is 5.25. The molecule has 1 amide bonds. The Bertz CT molecular complexity index is 501. The SMILES string of the molecule is O=C1C2CCCCCC2C2CO[C@@H](c3ccccc3)N12. The van der Waals surface area contributed by atoms with Crippen LogP contribution in [0.25, 0.3) is 0 Å². The number of nitrogens with zero attached hydrogens (tertiary/aromatic N) is 1. The second kappa shape index (κ2) is 4.88. The molecule has 0 bridgehead atoms. The molecule has 3 fully saturated rings. The van der Waals surface area contributed by atoms with Gasteiger partial charge in [-0.25, -0.2) is 0 Å². The lowest BCUT2D eigenvalue weighted by Gasteiger charge is -2.23. The van der Waals surface area contributed by atoms with Crippen molar-refractivity contribution in [2.24, 2.45) is 11.8 Å². The normalized spacial score (nSPS) is 36.6. The zero-order chi connectivity index (χ0) is 13.5. The monoisotopic (exact) mass is 271 g/mol. The van der Waals surface area contributed by atoms with Crippen LogP contribution in [0.4, 0.5) is 0 Å². The fourth-order valence-electron chi connectivity index (χ4n) is 4.30. The number of amides is 1. The highest BCUT2D eigenvalue weighted by molar-refractivity contribution is 5.82. The number of hydrogen-bond donors (Lipinski definition) is 0. The third kappa shape index (κ3) is 1.80. The van der Waals surface area contributed by atoms with Gasteiger partial charge in [0.25, 0.3) is 0 Å². The molecule has 3 unspecified atom stereocenters. The Morgan fingerprint density at radius 3 is 2.70 bits per heavy atom. The van der Waals surface area contributed by atoms with Crippen molar-refractivity contribution in [2.75, 3.05) is 6.61 Å². The molecule has 1 aromatic carbocycles. The smallest absolute Gasteiger partial charge is 0.228 e. The predicted octanol–water partition coefficient (Wildman–Crippen LogP) is 3.12. The van der Waals surface area contributed by atoms with Gasteiger partial charge in [0.1, 0.15) is 0 Å². The number of carbonyl (C=O) groups is 1. The fraction of sp³-hybridized carbons (Fsp3) is 0.588. The van der Waals surface area contributed by atoms with E-state index < -0.39 is 0 Å². The average Bonchev–Trinajstić information content (AvgIpc) is 2.91. The zero-order valence-corrected chi connectivity index (χ0v) is 11.7. The Morgan fingerprint density at radius 2 is 1.85 bits per heavy atom. The van der Waals surface area contributed by atoms with Crippen molar-refractivity contribution in [1.82, 2.24) is 4.90 Å². The fourth-order valence-corrected chi connectivity index (χ4v) is 4.30. The summed E-state index contributed by atoms with van der Waals surface area (Å²) in [5.74, 6) is 1.13. The highest BCUT2D eigenvalue weighted by Gasteiger charge is 2.53. The first kappa shape index (κ1) is 12.4. The summed E-state index contributed by atoms with van der Waals surface area (Å²) in [5, 5.41) is 0. The summed E-state index contributed by atoms with van der Waals surface area (Å²) in [6.45, 7) is 0.715. The van der Waals surface area contributed by atoms with Crippen LogP contribution in [-0.4, -0.2) is 23.5 Å². The Kier molecular flexibility index (Phi) is 3.03. The van der Waals surface area contributed by atoms with Crippen molar-refractivity contribution in [1.29, 1.82) is 0 Å². The Hall–Kier alpha value is -1.35. The lowest BCUT2D eigenvalue weighted by atomic mass is 9.86. The summed E-state index contributed by atoms with van der Waals surface area (Å²) in [5.41, 5.74) is 1.11. The molecule has 2 aliphatic heterocycles. The summed E-state index contributed by atoms with van der Waals surface area (Å²) in [6.07, 6.45) is 5.90. The first-order chi connectivity index (χ1) is 9.86. The Labute approximate surface area is 119 Å². The molecule has 2 heterocycles. The van der Waals surface area contributed by atoms with Crippen LogP contribution in [0.5, 0.6) is 0 Å². The van der Waals surface area contributed by atoms with Gasteiger partial charge in [-0.15, -0.1) is 0 Å². The molecule has 4 atom stereocenters.